The highest BCUT2D eigenvalue weighted by molar-refractivity contribution is 6.34. The summed E-state index contributed by atoms with van der Waals surface area (Å²) in [5.41, 5.74) is 0.475. The van der Waals surface area contributed by atoms with E-state index >= 15 is 0 Å². The van der Waals surface area contributed by atoms with Crippen molar-refractivity contribution in [3.63, 3.8) is 0 Å². The van der Waals surface area contributed by atoms with Gasteiger partial charge in [0.2, 0.25) is 5.91 Å². The lowest BCUT2D eigenvalue weighted by Gasteiger charge is -2.19. The number of amides is 1. The minimum Gasteiger partial charge on any atom is -0.388 e. The van der Waals surface area contributed by atoms with Crippen LogP contribution in [0, 0.1) is 0 Å². The lowest BCUT2D eigenvalue weighted by molar-refractivity contribution is -0.119. The maximum Gasteiger partial charge on any atom is 0.216 e. The van der Waals surface area contributed by atoms with E-state index in [1.165, 1.54) is 13.1 Å². The second kappa shape index (κ2) is 6.17. The number of carbonyl (C=O) groups excluding carboxylic acids is 1. The van der Waals surface area contributed by atoms with E-state index in [0.717, 1.165) is 5.39 Å². The van der Waals surface area contributed by atoms with Crippen LogP contribution in [0.1, 0.15) is 18.6 Å². The lowest BCUT2D eigenvalue weighted by atomic mass is 10.00. The smallest absolute Gasteiger partial charge is 0.216 e. The normalized spacial score (nSPS) is 14.0. The van der Waals surface area contributed by atoms with E-state index in [-0.39, 0.29) is 12.5 Å². The van der Waals surface area contributed by atoms with Crippen molar-refractivity contribution in [2.75, 3.05) is 6.54 Å². The number of hydrogen-bond acceptors (Lipinski definition) is 4. The molecular formula is C14H15ClN2O3. The molecule has 2 atom stereocenters. The number of aliphatic hydroxyl groups is 2. The minimum absolute atomic E-state index is 0.0343. The van der Waals surface area contributed by atoms with Crippen LogP contribution < -0.4 is 5.32 Å². The van der Waals surface area contributed by atoms with Gasteiger partial charge in [-0.15, -0.1) is 0 Å². The van der Waals surface area contributed by atoms with Crippen molar-refractivity contribution in [3.8, 4) is 0 Å². The van der Waals surface area contributed by atoms with Gasteiger partial charge in [-0.3, -0.25) is 4.79 Å². The Morgan fingerprint density at radius 1 is 1.35 bits per heavy atom. The third-order valence-corrected chi connectivity index (χ3v) is 3.32. The number of fused-ring (bicyclic) bond motifs is 1. The Labute approximate surface area is 121 Å². The average molecular weight is 295 g/mol. The molecule has 20 heavy (non-hydrogen) atoms. The van der Waals surface area contributed by atoms with Crippen LogP contribution in [-0.2, 0) is 4.79 Å². The van der Waals surface area contributed by atoms with Crippen molar-refractivity contribution in [1.29, 1.82) is 0 Å². The number of rotatable bonds is 4. The van der Waals surface area contributed by atoms with Crippen LogP contribution in [0.5, 0.6) is 0 Å². The first-order valence-electron chi connectivity index (χ1n) is 6.14. The first kappa shape index (κ1) is 14.7. The number of halogens is 1. The SMILES string of the molecule is CC(=O)NCC(O)C(O)c1cnc(Cl)c2ccccc12. The van der Waals surface area contributed by atoms with E-state index in [2.05, 4.69) is 10.3 Å². The summed E-state index contributed by atoms with van der Waals surface area (Å²) in [5.74, 6) is -0.268. The molecule has 0 saturated heterocycles. The molecule has 2 unspecified atom stereocenters. The van der Waals surface area contributed by atoms with Gasteiger partial charge in [0.25, 0.3) is 0 Å². The molecule has 0 bridgehead atoms. The molecule has 0 saturated carbocycles. The second-order valence-corrected chi connectivity index (χ2v) is 4.86. The Kier molecular flexibility index (Phi) is 4.54. The predicted octanol–water partition coefficient (Wildman–Crippen LogP) is 1.42. The zero-order chi connectivity index (χ0) is 14.7. The molecule has 2 rings (SSSR count). The van der Waals surface area contributed by atoms with Gasteiger partial charge in [0.1, 0.15) is 17.4 Å². The van der Waals surface area contributed by atoms with Gasteiger partial charge in [-0.25, -0.2) is 4.98 Å². The molecular weight excluding hydrogens is 280 g/mol. The highest BCUT2D eigenvalue weighted by atomic mass is 35.5. The Morgan fingerprint density at radius 3 is 2.65 bits per heavy atom. The number of pyridine rings is 1. The second-order valence-electron chi connectivity index (χ2n) is 4.50. The van der Waals surface area contributed by atoms with Crippen molar-refractivity contribution >= 4 is 28.3 Å². The summed E-state index contributed by atoms with van der Waals surface area (Å²) in [6.45, 7) is 1.31. The summed E-state index contributed by atoms with van der Waals surface area (Å²) in [4.78, 5) is 14.8. The van der Waals surface area contributed by atoms with Crippen LogP contribution in [0.15, 0.2) is 30.5 Å². The Morgan fingerprint density at radius 2 is 2.00 bits per heavy atom. The molecule has 5 nitrogen and oxygen atoms in total. The quantitative estimate of drug-likeness (QED) is 0.745. The molecule has 0 fully saturated rings. The van der Waals surface area contributed by atoms with Crippen molar-refractivity contribution in [3.05, 3.63) is 41.2 Å². The summed E-state index contributed by atoms with van der Waals surface area (Å²) >= 11 is 6.00. The number of carbonyl (C=O) groups is 1. The molecule has 0 radical (unpaired) electrons. The maximum absolute atomic E-state index is 10.8. The predicted molar refractivity (Wildman–Crippen MR) is 76.4 cm³/mol. The van der Waals surface area contributed by atoms with Gasteiger partial charge in [0.05, 0.1) is 0 Å². The zero-order valence-electron chi connectivity index (χ0n) is 10.9. The monoisotopic (exact) mass is 294 g/mol. The Hall–Kier alpha value is -1.69. The number of hydrogen-bond donors (Lipinski definition) is 3. The fourth-order valence-electron chi connectivity index (χ4n) is 1.98. The molecule has 0 aliphatic rings. The number of aliphatic hydroxyl groups excluding tert-OH is 2. The Bertz CT molecular complexity index is 633. The van der Waals surface area contributed by atoms with Crippen LogP contribution in [0.4, 0.5) is 0 Å². The molecule has 3 N–H and O–H groups in total. The van der Waals surface area contributed by atoms with Crippen LogP contribution in [0.2, 0.25) is 5.15 Å². The number of nitrogens with one attached hydrogen (secondary N) is 1. The topological polar surface area (TPSA) is 82.5 Å². The average Bonchev–Trinajstić information content (AvgIpc) is 2.44. The molecule has 1 heterocycles. The van der Waals surface area contributed by atoms with E-state index in [0.29, 0.717) is 16.1 Å². The van der Waals surface area contributed by atoms with Gasteiger partial charge in [0.15, 0.2) is 0 Å². The van der Waals surface area contributed by atoms with Gasteiger partial charge >= 0.3 is 0 Å². The van der Waals surface area contributed by atoms with Crippen molar-refractivity contribution in [1.82, 2.24) is 10.3 Å². The van der Waals surface area contributed by atoms with E-state index in [9.17, 15) is 15.0 Å². The molecule has 1 amide bonds. The van der Waals surface area contributed by atoms with Crippen molar-refractivity contribution < 1.29 is 15.0 Å². The van der Waals surface area contributed by atoms with Crippen LogP contribution in [0.3, 0.4) is 0 Å². The number of nitrogens with zero attached hydrogens (tertiary/aromatic N) is 1. The summed E-state index contributed by atoms with van der Waals surface area (Å²) < 4.78 is 0. The number of benzene rings is 1. The first-order valence-corrected chi connectivity index (χ1v) is 6.52. The van der Waals surface area contributed by atoms with E-state index in [1.807, 2.05) is 12.1 Å². The maximum atomic E-state index is 10.8. The Balaban J connectivity index is 2.32. The van der Waals surface area contributed by atoms with Gasteiger partial charge < -0.3 is 15.5 Å². The molecule has 2 aromatic rings. The van der Waals surface area contributed by atoms with Gasteiger partial charge in [-0.05, 0) is 5.39 Å². The fraction of sp³-hybridized carbons (Fsp3) is 0.286. The molecule has 1 aromatic carbocycles. The minimum atomic E-state index is -1.16. The zero-order valence-corrected chi connectivity index (χ0v) is 11.6. The third-order valence-electron chi connectivity index (χ3n) is 3.02. The molecule has 106 valence electrons. The van der Waals surface area contributed by atoms with Crippen molar-refractivity contribution in [2.24, 2.45) is 0 Å². The largest absolute Gasteiger partial charge is 0.388 e. The molecule has 0 aliphatic heterocycles. The number of aromatic nitrogens is 1. The van der Waals surface area contributed by atoms with Crippen molar-refractivity contribution in [2.45, 2.75) is 19.1 Å². The summed E-state index contributed by atoms with van der Waals surface area (Å²) in [5, 5.41) is 24.4. The van der Waals surface area contributed by atoms with Gasteiger partial charge in [0, 0.05) is 30.6 Å². The summed E-state index contributed by atoms with van der Waals surface area (Å²) in [6, 6.07) is 7.22. The summed E-state index contributed by atoms with van der Waals surface area (Å²) in [6.07, 6.45) is -0.839. The van der Waals surface area contributed by atoms with E-state index in [4.69, 9.17) is 11.6 Å². The van der Waals surface area contributed by atoms with E-state index < -0.39 is 12.2 Å². The standard InChI is InChI=1S/C14H15ClN2O3/c1-8(18)16-7-12(19)13(20)11-6-17-14(15)10-5-3-2-4-9(10)11/h2-6,12-13,19-20H,7H2,1H3,(H,16,18). The molecule has 6 heteroatoms. The van der Waals surface area contributed by atoms with Crippen LogP contribution in [0.25, 0.3) is 10.8 Å². The van der Waals surface area contributed by atoms with Gasteiger partial charge in [-0.2, -0.15) is 0 Å². The van der Waals surface area contributed by atoms with Gasteiger partial charge in [-0.1, -0.05) is 35.9 Å². The lowest BCUT2D eigenvalue weighted by Crippen LogP contribution is -2.34. The third kappa shape index (κ3) is 3.07. The highest BCUT2D eigenvalue weighted by Crippen LogP contribution is 2.29. The molecule has 0 aliphatic carbocycles. The first-order chi connectivity index (χ1) is 9.50. The summed E-state index contributed by atoms with van der Waals surface area (Å²) in [7, 11) is 0. The molecule has 0 spiro atoms. The van der Waals surface area contributed by atoms with E-state index in [1.54, 1.807) is 12.1 Å². The van der Waals surface area contributed by atoms with Crippen LogP contribution >= 0.6 is 11.6 Å². The molecule has 1 aromatic heterocycles. The fourth-order valence-corrected chi connectivity index (χ4v) is 2.20. The van der Waals surface area contributed by atoms with Crippen LogP contribution in [-0.4, -0.2) is 33.8 Å². The highest BCUT2D eigenvalue weighted by Gasteiger charge is 2.21.